The summed E-state index contributed by atoms with van der Waals surface area (Å²) in [5, 5.41) is 6.21. The van der Waals surface area contributed by atoms with Crippen LogP contribution < -0.4 is 10.6 Å². The van der Waals surface area contributed by atoms with Crippen LogP contribution >= 0.6 is 0 Å². The van der Waals surface area contributed by atoms with Crippen LogP contribution in [0.2, 0.25) is 0 Å². The zero-order chi connectivity index (χ0) is 20.6. The van der Waals surface area contributed by atoms with Gasteiger partial charge in [-0.1, -0.05) is 0 Å². The van der Waals surface area contributed by atoms with Crippen LogP contribution in [0, 0.1) is 23.7 Å². The van der Waals surface area contributed by atoms with E-state index in [1.54, 1.807) is 0 Å². The molecule has 1 saturated heterocycles. The molecule has 0 unspecified atom stereocenters. The molecule has 29 heavy (non-hydrogen) atoms. The van der Waals surface area contributed by atoms with Gasteiger partial charge in [-0.3, -0.25) is 9.69 Å². The van der Waals surface area contributed by atoms with Crippen molar-refractivity contribution in [1.82, 2.24) is 15.5 Å². The fourth-order valence-corrected chi connectivity index (χ4v) is 6.18. The maximum atomic E-state index is 13.1. The van der Waals surface area contributed by atoms with Crippen molar-refractivity contribution in [3.05, 3.63) is 0 Å². The molecule has 0 spiro atoms. The summed E-state index contributed by atoms with van der Waals surface area (Å²) in [5.41, 5.74) is -0.510. The number of ether oxygens (including phenoxy) is 2. The Hall–Kier alpha value is -1.34. The fraction of sp³-hybridized carbons (Fsp3) is 0.909. The first-order chi connectivity index (χ1) is 13.8. The Morgan fingerprint density at radius 1 is 1.07 bits per heavy atom. The van der Waals surface area contributed by atoms with E-state index in [2.05, 4.69) is 15.5 Å². The highest BCUT2D eigenvalue weighted by Crippen LogP contribution is 2.53. The van der Waals surface area contributed by atoms with E-state index in [1.807, 2.05) is 20.8 Å². The molecule has 1 atom stereocenters. The normalized spacial score (nSPS) is 36.7. The third kappa shape index (κ3) is 5.05. The van der Waals surface area contributed by atoms with Gasteiger partial charge in [0.15, 0.2) is 0 Å². The van der Waals surface area contributed by atoms with Gasteiger partial charge in [0.2, 0.25) is 5.91 Å². The lowest BCUT2D eigenvalue weighted by Crippen LogP contribution is -2.61. The summed E-state index contributed by atoms with van der Waals surface area (Å²) in [5.74, 6) is 3.24. The number of rotatable bonds is 5. The summed E-state index contributed by atoms with van der Waals surface area (Å²) < 4.78 is 10.9. The summed E-state index contributed by atoms with van der Waals surface area (Å²) in [6, 6.07) is 0.0698. The quantitative estimate of drug-likeness (QED) is 0.730. The predicted molar refractivity (Wildman–Crippen MR) is 109 cm³/mol. The molecule has 4 saturated carbocycles. The van der Waals surface area contributed by atoms with E-state index in [0.717, 1.165) is 11.8 Å². The molecule has 4 bridgehead atoms. The molecule has 0 aromatic carbocycles. The lowest BCUT2D eigenvalue weighted by molar-refractivity contribution is -0.136. The number of carbonyl (C=O) groups is 2. The van der Waals surface area contributed by atoms with E-state index in [1.165, 1.54) is 32.1 Å². The Morgan fingerprint density at radius 2 is 1.72 bits per heavy atom. The molecule has 4 aliphatic carbocycles. The van der Waals surface area contributed by atoms with Gasteiger partial charge in [-0.2, -0.15) is 0 Å². The topological polar surface area (TPSA) is 79.9 Å². The molecule has 5 rings (SSSR count). The molecule has 0 aromatic heterocycles. The van der Waals surface area contributed by atoms with E-state index >= 15 is 0 Å². The average Bonchev–Trinajstić information content (AvgIpc) is 2.63. The van der Waals surface area contributed by atoms with E-state index < -0.39 is 11.7 Å². The first-order valence-electron chi connectivity index (χ1n) is 11.4. The number of nitrogens with one attached hydrogen (secondary N) is 2. The maximum absolute atomic E-state index is 13.1. The van der Waals surface area contributed by atoms with Crippen LogP contribution in [0.25, 0.3) is 0 Å². The Labute approximate surface area is 174 Å². The lowest BCUT2D eigenvalue weighted by atomic mass is 9.54. The Bertz CT molecular complexity index is 590. The first-order valence-corrected chi connectivity index (χ1v) is 11.4. The van der Waals surface area contributed by atoms with Crippen LogP contribution in [0.3, 0.4) is 0 Å². The number of hydrogen-bond donors (Lipinski definition) is 2. The van der Waals surface area contributed by atoms with Gasteiger partial charge in [-0.05, 0) is 76.5 Å². The zero-order valence-corrected chi connectivity index (χ0v) is 18.1. The monoisotopic (exact) mass is 407 g/mol. The van der Waals surface area contributed by atoms with Crippen molar-refractivity contribution in [2.24, 2.45) is 23.7 Å². The third-order valence-electron chi connectivity index (χ3n) is 7.14. The SMILES string of the molecule is CC(C)(C)OC(=O)NCCN1CCOC[C@@H]1C(=O)NC1C2CC3CC(C2)CC1C3. The van der Waals surface area contributed by atoms with Gasteiger partial charge in [0.1, 0.15) is 11.6 Å². The minimum absolute atomic E-state index is 0.0967. The minimum Gasteiger partial charge on any atom is -0.444 e. The second-order valence-corrected chi connectivity index (χ2v) is 10.5. The van der Waals surface area contributed by atoms with Gasteiger partial charge in [0, 0.05) is 25.7 Å². The summed E-state index contributed by atoms with van der Waals surface area (Å²) in [4.78, 5) is 27.1. The first kappa shape index (κ1) is 20.9. The molecular formula is C22H37N3O4. The molecule has 7 heteroatoms. The molecular weight excluding hydrogens is 370 g/mol. The Morgan fingerprint density at radius 3 is 2.34 bits per heavy atom. The van der Waals surface area contributed by atoms with Crippen molar-refractivity contribution in [2.75, 3.05) is 32.8 Å². The number of amides is 2. The van der Waals surface area contributed by atoms with Crippen molar-refractivity contribution in [1.29, 1.82) is 0 Å². The van der Waals surface area contributed by atoms with E-state index in [0.29, 0.717) is 50.7 Å². The number of alkyl carbamates (subject to hydrolysis) is 1. The minimum atomic E-state index is -0.510. The van der Waals surface area contributed by atoms with Crippen LogP contribution in [0.1, 0.15) is 52.9 Å². The second kappa shape index (κ2) is 8.42. The van der Waals surface area contributed by atoms with Crippen molar-refractivity contribution in [3.8, 4) is 0 Å². The van der Waals surface area contributed by atoms with Gasteiger partial charge in [-0.15, -0.1) is 0 Å². The molecule has 0 aromatic rings. The van der Waals surface area contributed by atoms with Crippen molar-refractivity contribution < 1.29 is 19.1 Å². The fourth-order valence-electron chi connectivity index (χ4n) is 6.18. The average molecular weight is 408 g/mol. The van der Waals surface area contributed by atoms with Crippen LogP contribution in [0.5, 0.6) is 0 Å². The summed E-state index contributed by atoms with van der Waals surface area (Å²) in [6.45, 7) is 8.35. The maximum Gasteiger partial charge on any atom is 0.407 e. The highest BCUT2D eigenvalue weighted by atomic mass is 16.6. The smallest absolute Gasteiger partial charge is 0.407 e. The van der Waals surface area contributed by atoms with Gasteiger partial charge < -0.3 is 20.1 Å². The highest BCUT2D eigenvalue weighted by Gasteiger charge is 2.49. The molecule has 5 aliphatic rings. The van der Waals surface area contributed by atoms with Gasteiger partial charge >= 0.3 is 6.09 Å². The number of nitrogens with zero attached hydrogens (tertiary/aromatic N) is 1. The van der Waals surface area contributed by atoms with Crippen molar-refractivity contribution >= 4 is 12.0 Å². The number of hydrogen-bond acceptors (Lipinski definition) is 5. The molecule has 1 aliphatic heterocycles. The van der Waals surface area contributed by atoms with Gasteiger partial charge in [0.05, 0.1) is 13.2 Å². The molecule has 5 fully saturated rings. The van der Waals surface area contributed by atoms with E-state index in [9.17, 15) is 9.59 Å². The predicted octanol–water partition coefficient (Wildman–Crippen LogP) is 2.15. The van der Waals surface area contributed by atoms with Crippen LogP contribution in [-0.4, -0.2) is 67.4 Å². The summed E-state index contributed by atoms with van der Waals surface area (Å²) in [7, 11) is 0. The summed E-state index contributed by atoms with van der Waals surface area (Å²) in [6.07, 6.45) is 6.18. The van der Waals surface area contributed by atoms with Crippen LogP contribution in [0.15, 0.2) is 0 Å². The largest absolute Gasteiger partial charge is 0.444 e. The Kier molecular flexibility index (Phi) is 6.07. The van der Waals surface area contributed by atoms with Gasteiger partial charge in [0.25, 0.3) is 0 Å². The molecule has 2 N–H and O–H groups in total. The van der Waals surface area contributed by atoms with Crippen molar-refractivity contribution in [3.63, 3.8) is 0 Å². The Balaban J connectivity index is 1.28. The molecule has 164 valence electrons. The molecule has 7 nitrogen and oxygen atoms in total. The highest BCUT2D eigenvalue weighted by molar-refractivity contribution is 5.82. The van der Waals surface area contributed by atoms with Gasteiger partial charge in [-0.25, -0.2) is 4.79 Å². The summed E-state index contributed by atoms with van der Waals surface area (Å²) >= 11 is 0. The zero-order valence-electron chi connectivity index (χ0n) is 18.1. The number of morpholine rings is 1. The third-order valence-corrected chi connectivity index (χ3v) is 7.14. The molecule has 1 heterocycles. The molecule has 2 amide bonds. The van der Waals surface area contributed by atoms with Crippen LogP contribution in [0.4, 0.5) is 4.79 Å². The molecule has 0 radical (unpaired) electrons. The van der Waals surface area contributed by atoms with Crippen molar-refractivity contribution in [2.45, 2.75) is 70.6 Å². The lowest BCUT2D eigenvalue weighted by Gasteiger charge is -2.54. The number of carbonyl (C=O) groups excluding carboxylic acids is 2. The standard InChI is InChI=1S/C22H37N3O4/c1-22(2,3)29-21(27)23-4-5-25-6-7-28-13-18(25)20(26)24-19-16-9-14-8-15(11-16)12-17(19)10-14/h14-19H,4-13H2,1-3H3,(H,23,27)(H,24,26)/t14?,15?,16?,17?,18-,19?/m1/s1. The second-order valence-electron chi connectivity index (χ2n) is 10.5. The van der Waals surface area contributed by atoms with E-state index in [-0.39, 0.29) is 11.9 Å². The van der Waals surface area contributed by atoms with E-state index in [4.69, 9.17) is 9.47 Å². The van der Waals surface area contributed by atoms with Crippen LogP contribution in [-0.2, 0) is 14.3 Å².